The fourth-order valence-electron chi connectivity index (χ4n) is 9.18. The van der Waals surface area contributed by atoms with Gasteiger partial charge < -0.3 is 9.32 Å². The monoisotopic (exact) mass is 703 g/mol. The van der Waals surface area contributed by atoms with Gasteiger partial charge in [0.15, 0.2) is 0 Å². The summed E-state index contributed by atoms with van der Waals surface area (Å²) in [5.74, 6) is 0. The lowest BCUT2D eigenvalue weighted by atomic mass is 9.82. The first-order valence-corrected chi connectivity index (χ1v) is 19.1. The van der Waals surface area contributed by atoms with Gasteiger partial charge in [0, 0.05) is 33.1 Å². The van der Waals surface area contributed by atoms with E-state index in [9.17, 15) is 0 Å². The second-order valence-corrected chi connectivity index (χ2v) is 15.3. The number of hydrogen-bond donors (Lipinski definition) is 0. The Kier molecular flexibility index (Phi) is 6.93. The summed E-state index contributed by atoms with van der Waals surface area (Å²) in [5.41, 5.74) is 15.1. The summed E-state index contributed by atoms with van der Waals surface area (Å²) in [6, 6.07) is 68.5. The Balaban J connectivity index is 1.10. The summed E-state index contributed by atoms with van der Waals surface area (Å²) in [6.07, 6.45) is 0. The Hall–Kier alpha value is -6.90. The highest BCUT2D eigenvalue weighted by molar-refractivity contribution is 6.15. The van der Waals surface area contributed by atoms with E-state index in [4.69, 9.17) is 4.42 Å². The molecule has 1 heterocycles. The van der Waals surface area contributed by atoms with E-state index in [2.05, 4.69) is 207 Å². The quantitative estimate of drug-likeness (QED) is 0.177. The van der Waals surface area contributed by atoms with Gasteiger partial charge in [-0.05, 0) is 109 Å². The molecule has 0 radical (unpaired) electrons. The van der Waals surface area contributed by atoms with Crippen molar-refractivity contribution in [1.82, 2.24) is 0 Å². The molecule has 2 nitrogen and oxygen atoms in total. The van der Waals surface area contributed by atoms with Gasteiger partial charge in [-0.15, -0.1) is 0 Å². The van der Waals surface area contributed by atoms with E-state index in [1.165, 1.54) is 66.2 Å². The van der Waals surface area contributed by atoms with Crippen LogP contribution >= 0.6 is 0 Å². The van der Waals surface area contributed by atoms with Crippen molar-refractivity contribution in [2.75, 3.05) is 4.90 Å². The third-order valence-corrected chi connectivity index (χ3v) is 11.8. The zero-order valence-corrected chi connectivity index (χ0v) is 30.8. The number of fused-ring (bicyclic) bond motifs is 8. The molecule has 0 aliphatic heterocycles. The normalized spacial score (nSPS) is 13.1. The van der Waals surface area contributed by atoms with E-state index in [0.717, 1.165) is 38.9 Å². The molecule has 10 aromatic rings. The summed E-state index contributed by atoms with van der Waals surface area (Å²) in [6.45, 7) is 4.70. The molecule has 11 rings (SSSR count). The number of furan rings is 1. The second kappa shape index (κ2) is 12.1. The summed E-state index contributed by atoms with van der Waals surface area (Å²) in [4.78, 5) is 2.45. The van der Waals surface area contributed by atoms with Crippen LogP contribution < -0.4 is 4.90 Å². The lowest BCUT2D eigenvalue weighted by Crippen LogP contribution is -2.16. The van der Waals surface area contributed by atoms with Crippen molar-refractivity contribution in [3.63, 3.8) is 0 Å². The molecular formula is C53H37NO. The SMILES string of the molecule is CC1(C)c2ccccc2-c2c(N(c3ccc(-c4cccc5oc6cc7ccccc7cc6c45)cc3)c3cccc(-c4cccc5ccccc45)c3)cccc21. The van der Waals surface area contributed by atoms with Gasteiger partial charge >= 0.3 is 0 Å². The van der Waals surface area contributed by atoms with Gasteiger partial charge in [-0.3, -0.25) is 0 Å². The Bertz CT molecular complexity index is 3120. The fourth-order valence-corrected chi connectivity index (χ4v) is 9.18. The highest BCUT2D eigenvalue weighted by atomic mass is 16.3. The van der Waals surface area contributed by atoms with E-state index in [1.54, 1.807) is 0 Å². The van der Waals surface area contributed by atoms with Crippen LogP contribution in [0.25, 0.3) is 76.9 Å². The maximum absolute atomic E-state index is 6.45. The molecule has 0 unspecified atom stereocenters. The standard InChI is InChI=1S/C53H37NO/c1-53(2)46-23-8-7-20-44(46)52-47(53)24-12-25-48(52)54(40-18-9-17-38(31-40)42-21-10-16-34-13-5-6-19-41(34)42)39-29-27-35(28-30-39)43-22-11-26-49-51(43)45-32-36-14-3-4-15-37(36)33-50(45)55-49/h3-33H,1-2H3. The molecule has 0 bridgehead atoms. The van der Waals surface area contributed by atoms with Gasteiger partial charge in [0.25, 0.3) is 0 Å². The molecular weight excluding hydrogens is 667 g/mol. The maximum atomic E-state index is 6.45. The highest BCUT2D eigenvalue weighted by Crippen LogP contribution is 2.54. The predicted molar refractivity (Wildman–Crippen MR) is 232 cm³/mol. The molecule has 1 aromatic heterocycles. The van der Waals surface area contributed by atoms with Crippen molar-refractivity contribution in [3.8, 4) is 33.4 Å². The third-order valence-electron chi connectivity index (χ3n) is 11.8. The third kappa shape index (κ3) is 4.88. The molecule has 2 heteroatoms. The van der Waals surface area contributed by atoms with Crippen molar-refractivity contribution >= 4 is 60.5 Å². The average molecular weight is 704 g/mol. The number of hydrogen-bond acceptors (Lipinski definition) is 2. The minimum absolute atomic E-state index is 0.111. The summed E-state index contributed by atoms with van der Waals surface area (Å²) in [5, 5.41) is 7.18. The van der Waals surface area contributed by atoms with Gasteiger partial charge in [-0.25, -0.2) is 0 Å². The van der Waals surface area contributed by atoms with Crippen molar-refractivity contribution < 1.29 is 4.42 Å². The maximum Gasteiger partial charge on any atom is 0.136 e. The van der Waals surface area contributed by atoms with Gasteiger partial charge in [0.1, 0.15) is 11.2 Å². The van der Waals surface area contributed by atoms with Crippen LogP contribution in [0, 0.1) is 0 Å². The summed E-state index contributed by atoms with van der Waals surface area (Å²) < 4.78 is 6.45. The van der Waals surface area contributed by atoms with Crippen LogP contribution in [0.4, 0.5) is 17.1 Å². The smallest absolute Gasteiger partial charge is 0.136 e. The van der Waals surface area contributed by atoms with Crippen molar-refractivity contribution in [1.29, 1.82) is 0 Å². The molecule has 0 fully saturated rings. The topological polar surface area (TPSA) is 16.4 Å². The van der Waals surface area contributed by atoms with Gasteiger partial charge in [-0.1, -0.05) is 153 Å². The first-order valence-electron chi connectivity index (χ1n) is 19.1. The number of rotatable bonds is 5. The van der Waals surface area contributed by atoms with E-state index >= 15 is 0 Å². The molecule has 0 spiro atoms. The first kappa shape index (κ1) is 31.6. The molecule has 0 amide bonds. The predicted octanol–water partition coefficient (Wildman–Crippen LogP) is 15.0. The molecule has 9 aromatic carbocycles. The van der Waals surface area contributed by atoms with Crippen LogP contribution in [-0.2, 0) is 5.41 Å². The van der Waals surface area contributed by atoms with Crippen molar-refractivity contribution in [2.24, 2.45) is 0 Å². The summed E-state index contributed by atoms with van der Waals surface area (Å²) in [7, 11) is 0. The fraction of sp³-hybridized carbons (Fsp3) is 0.0566. The van der Waals surface area contributed by atoms with Crippen LogP contribution in [0.15, 0.2) is 192 Å². The van der Waals surface area contributed by atoms with Gasteiger partial charge in [-0.2, -0.15) is 0 Å². The van der Waals surface area contributed by atoms with Crippen LogP contribution in [0.3, 0.4) is 0 Å². The lowest BCUT2D eigenvalue weighted by Gasteiger charge is -2.29. The van der Waals surface area contributed by atoms with Crippen molar-refractivity contribution in [3.05, 3.63) is 199 Å². The number of benzene rings is 9. The number of nitrogens with zero attached hydrogens (tertiary/aromatic N) is 1. The zero-order valence-electron chi connectivity index (χ0n) is 30.8. The molecule has 0 saturated carbocycles. The van der Waals surface area contributed by atoms with E-state index in [0.29, 0.717) is 0 Å². The Morgan fingerprint density at radius 1 is 0.418 bits per heavy atom. The van der Waals surface area contributed by atoms with Gasteiger partial charge in [0.05, 0.1) is 5.69 Å². The van der Waals surface area contributed by atoms with Crippen molar-refractivity contribution in [2.45, 2.75) is 19.3 Å². The zero-order chi connectivity index (χ0) is 36.7. The Morgan fingerprint density at radius 3 is 1.95 bits per heavy atom. The average Bonchev–Trinajstić information content (AvgIpc) is 3.71. The van der Waals surface area contributed by atoms with Crippen LogP contribution in [0.1, 0.15) is 25.0 Å². The van der Waals surface area contributed by atoms with Crippen LogP contribution in [0.2, 0.25) is 0 Å². The Morgan fingerprint density at radius 2 is 1.07 bits per heavy atom. The lowest BCUT2D eigenvalue weighted by molar-refractivity contribution is 0.660. The van der Waals surface area contributed by atoms with E-state index < -0.39 is 0 Å². The summed E-state index contributed by atoms with van der Waals surface area (Å²) >= 11 is 0. The van der Waals surface area contributed by atoms with E-state index in [1.807, 2.05) is 0 Å². The number of anilines is 3. The van der Waals surface area contributed by atoms with Crippen LogP contribution in [-0.4, -0.2) is 0 Å². The van der Waals surface area contributed by atoms with Gasteiger partial charge in [0.2, 0.25) is 0 Å². The molecule has 1 aliphatic carbocycles. The molecule has 1 aliphatic rings. The molecule has 55 heavy (non-hydrogen) atoms. The molecule has 0 saturated heterocycles. The molecule has 0 atom stereocenters. The largest absolute Gasteiger partial charge is 0.456 e. The molecule has 260 valence electrons. The molecule has 0 N–H and O–H groups in total. The second-order valence-electron chi connectivity index (χ2n) is 15.3. The van der Waals surface area contributed by atoms with E-state index in [-0.39, 0.29) is 5.41 Å². The van der Waals surface area contributed by atoms with Crippen LogP contribution in [0.5, 0.6) is 0 Å². The first-order chi connectivity index (χ1) is 27.0. The minimum Gasteiger partial charge on any atom is -0.456 e. The highest BCUT2D eigenvalue weighted by Gasteiger charge is 2.37. The Labute approximate surface area is 320 Å². The minimum atomic E-state index is -0.111.